The third-order valence-corrected chi connectivity index (χ3v) is 7.14. The average Bonchev–Trinajstić information content (AvgIpc) is 3.41. The largest absolute Gasteiger partial charge is 0.465 e. The van der Waals surface area contributed by atoms with E-state index in [2.05, 4.69) is 10.1 Å². The van der Waals surface area contributed by atoms with Crippen molar-refractivity contribution in [2.24, 2.45) is 0 Å². The summed E-state index contributed by atoms with van der Waals surface area (Å²) < 4.78 is 38.0. The molecule has 4 rings (SSSR count). The number of nitrogens with one attached hydrogen (secondary N) is 1. The number of sulfonamides is 1. The average molecular weight is 455 g/mol. The van der Waals surface area contributed by atoms with Gasteiger partial charge in [-0.15, -0.1) is 0 Å². The number of carbonyl (C=O) groups excluding carboxylic acids is 2. The van der Waals surface area contributed by atoms with E-state index >= 15 is 0 Å². The number of fused-ring (bicyclic) bond motifs is 1. The minimum absolute atomic E-state index is 0.0349. The second-order valence-corrected chi connectivity index (χ2v) is 9.20. The molecule has 0 spiro atoms. The number of furan rings is 1. The standard InChI is InChI=1S/C23H22N2O6S/c1-15-20(23(27)30-2)13-18(31-15)14-24-22(26)17-7-5-8-19(12-17)32(28,29)25-11-10-16-6-3-4-9-21(16)25/h3-9,12-13H,10-11,14H2,1-2H3,(H,24,26). The van der Waals surface area contributed by atoms with Crippen LogP contribution in [-0.4, -0.2) is 33.9 Å². The molecule has 0 saturated heterocycles. The molecule has 0 aliphatic carbocycles. The molecule has 0 unspecified atom stereocenters. The van der Waals surface area contributed by atoms with Crippen molar-refractivity contribution in [1.29, 1.82) is 0 Å². The Morgan fingerprint density at radius 1 is 1.12 bits per heavy atom. The number of anilines is 1. The Morgan fingerprint density at radius 3 is 2.69 bits per heavy atom. The van der Waals surface area contributed by atoms with E-state index in [4.69, 9.17) is 4.42 Å². The fourth-order valence-corrected chi connectivity index (χ4v) is 5.25. The van der Waals surface area contributed by atoms with Crippen molar-refractivity contribution in [3.63, 3.8) is 0 Å². The predicted octanol–water partition coefficient (Wildman–Crippen LogP) is 3.06. The van der Waals surface area contributed by atoms with E-state index in [-0.39, 0.29) is 22.6 Å². The predicted molar refractivity (Wildman–Crippen MR) is 117 cm³/mol. The molecule has 1 aromatic heterocycles. The Kier molecular flexibility index (Phi) is 5.75. The molecular formula is C23H22N2O6S. The van der Waals surface area contributed by atoms with Crippen LogP contribution >= 0.6 is 0 Å². The van der Waals surface area contributed by atoms with Gasteiger partial charge in [0.25, 0.3) is 15.9 Å². The van der Waals surface area contributed by atoms with Gasteiger partial charge in [0.2, 0.25) is 0 Å². The highest BCUT2D eigenvalue weighted by molar-refractivity contribution is 7.92. The zero-order chi connectivity index (χ0) is 22.9. The number of rotatable bonds is 6. The lowest BCUT2D eigenvalue weighted by Gasteiger charge is -2.20. The molecule has 0 saturated carbocycles. The third-order valence-electron chi connectivity index (χ3n) is 5.33. The van der Waals surface area contributed by atoms with Gasteiger partial charge in [0.1, 0.15) is 17.1 Å². The number of aryl methyl sites for hydroxylation is 1. The zero-order valence-electron chi connectivity index (χ0n) is 17.6. The number of carbonyl (C=O) groups is 2. The molecule has 32 heavy (non-hydrogen) atoms. The summed E-state index contributed by atoms with van der Waals surface area (Å²) in [6, 6.07) is 14.8. The fourth-order valence-electron chi connectivity index (χ4n) is 3.70. The highest BCUT2D eigenvalue weighted by Crippen LogP contribution is 2.32. The molecule has 0 radical (unpaired) electrons. The van der Waals surface area contributed by atoms with Gasteiger partial charge in [0.15, 0.2) is 0 Å². The molecule has 166 valence electrons. The molecule has 1 N–H and O–H groups in total. The van der Waals surface area contributed by atoms with Crippen LogP contribution in [0.4, 0.5) is 5.69 Å². The van der Waals surface area contributed by atoms with Crippen LogP contribution in [-0.2, 0) is 27.7 Å². The van der Waals surface area contributed by atoms with Gasteiger partial charge < -0.3 is 14.5 Å². The maximum absolute atomic E-state index is 13.2. The van der Waals surface area contributed by atoms with Gasteiger partial charge in [-0.25, -0.2) is 13.2 Å². The van der Waals surface area contributed by atoms with Crippen LogP contribution in [0, 0.1) is 6.92 Å². The van der Waals surface area contributed by atoms with Gasteiger partial charge >= 0.3 is 5.97 Å². The van der Waals surface area contributed by atoms with Crippen LogP contribution in [0.25, 0.3) is 0 Å². The zero-order valence-corrected chi connectivity index (χ0v) is 18.4. The molecule has 3 aromatic rings. The number of esters is 1. The van der Waals surface area contributed by atoms with Crippen molar-refractivity contribution in [2.45, 2.75) is 24.8 Å². The third kappa shape index (κ3) is 3.99. The Hall–Kier alpha value is -3.59. The van der Waals surface area contributed by atoms with Gasteiger partial charge in [0, 0.05) is 12.1 Å². The number of ether oxygens (including phenoxy) is 1. The smallest absolute Gasteiger partial charge is 0.341 e. The number of para-hydroxylation sites is 1. The first-order chi connectivity index (χ1) is 15.3. The number of hydrogen-bond acceptors (Lipinski definition) is 6. The van der Waals surface area contributed by atoms with Gasteiger partial charge in [-0.05, 0) is 49.2 Å². The summed E-state index contributed by atoms with van der Waals surface area (Å²) in [4.78, 5) is 24.4. The summed E-state index contributed by atoms with van der Waals surface area (Å²) in [5.74, 6) is -0.212. The minimum Gasteiger partial charge on any atom is -0.465 e. The number of methoxy groups -OCH3 is 1. The lowest BCUT2D eigenvalue weighted by Crippen LogP contribution is -2.29. The summed E-state index contributed by atoms with van der Waals surface area (Å²) in [5.41, 5.74) is 2.13. The van der Waals surface area contributed by atoms with Crippen molar-refractivity contribution in [1.82, 2.24) is 5.32 Å². The summed E-state index contributed by atoms with van der Waals surface area (Å²) in [7, 11) is -2.53. The van der Waals surface area contributed by atoms with E-state index in [0.29, 0.717) is 30.2 Å². The fraction of sp³-hybridized carbons (Fsp3) is 0.217. The normalized spacial score (nSPS) is 13.0. The molecule has 0 fully saturated rings. The summed E-state index contributed by atoms with van der Waals surface area (Å²) in [5, 5.41) is 2.68. The lowest BCUT2D eigenvalue weighted by molar-refractivity contribution is 0.0598. The van der Waals surface area contributed by atoms with Crippen LogP contribution in [0.5, 0.6) is 0 Å². The molecule has 1 aliphatic rings. The monoisotopic (exact) mass is 454 g/mol. The minimum atomic E-state index is -3.81. The first kappa shape index (κ1) is 21.6. The van der Waals surface area contributed by atoms with Gasteiger partial charge in [-0.2, -0.15) is 0 Å². The van der Waals surface area contributed by atoms with Crippen molar-refractivity contribution < 1.29 is 27.2 Å². The number of nitrogens with zero attached hydrogens (tertiary/aromatic N) is 1. The second kappa shape index (κ2) is 8.51. The first-order valence-electron chi connectivity index (χ1n) is 9.98. The molecular weight excluding hydrogens is 432 g/mol. The summed E-state index contributed by atoms with van der Waals surface area (Å²) in [6.07, 6.45) is 0.645. The molecule has 9 heteroatoms. The molecule has 0 bridgehead atoms. The molecule has 2 aromatic carbocycles. The summed E-state index contributed by atoms with van der Waals surface area (Å²) in [6.45, 7) is 2.02. The molecule has 8 nitrogen and oxygen atoms in total. The van der Waals surface area contributed by atoms with Gasteiger partial charge in [0.05, 0.1) is 24.2 Å². The van der Waals surface area contributed by atoms with Crippen LogP contribution in [0.2, 0.25) is 0 Å². The first-order valence-corrected chi connectivity index (χ1v) is 11.4. The second-order valence-electron chi connectivity index (χ2n) is 7.34. The van der Waals surface area contributed by atoms with Crippen LogP contribution < -0.4 is 9.62 Å². The van der Waals surface area contributed by atoms with Gasteiger partial charge in [-0.1, -0.05) is 24.3 Å². The number of benzene rings is 2. The Labute approximate surface area is 185 Å². The molecule has 2 heterocycles. The van der Waals surface area contributed by atoms with Crippen LogP contribution in [0.15, 0.2) is 63.9 Å². The van der Waals surface area contributed by atoms with E-state index in [0.717, 1.165) is 5.56 Å². The highest BCUT2D eigenvalue weighted by Gasteiger charge is 2.31. The quantitative estimate of drug-likeness (QED) is 0.574. The van der Waals surface area contributed by atoms with Crippen molar-refractivity contribution in [3.05, 3.63) is 82.8 Å². The van der Waals surface area contributed by atoms with E-state index in [1.54, 1.807) is 25.1 Å². The molecule has 0 atom stereocenters. The SMILES string of the molecule is COC(=O)c1cc(CNC(=O)c2cccc(S(=O)(=O)N3CCc4ccccc43)c2)oc1C. The summed E-state index contributed by atoms with van der Waals surface area (Å²) >= 11 is 0. The lowest BCUT2D eigenvalue weighted by atomic mass is 10.2. The Balaban J connectivity index is 1.51. The van der Waals surface area contributed by atoms with E-state index < -0.39 is 21.9 Å². The van der Waals surface area contributed by atoms with Crippen molar-refractivity contribution in [3.8, 4) is 0 Å². The van der Waals surface area contributed by atoms with E-state index in [1.807, 2.05) is 12.1 Å². The van der Waals surface area contributed by atoms with Crippen molar-refractivity contribution in [2.75, 3.05) is 18.0 Å². The van der Waals surface area contributed by atoms with E-state index in [1.165, 1.54) is 35.7 Å². The number of hydrogen-bond donors (Lipinski definition) is 1. The van der Waals surface area contributed by atoms with Crippen molar-refractivity contribution >= 4 is 27.6 Å². The molecule has 1 amide bonds. The Morgan fingerprint density at radius 2 is 1.91 bits per heavy atom. The molecule has 1 aliphatic heterocycles. The topological polar surface area (TPSA) is 106 Å². The maximum Gasteiger partial charge on any atom is 0.341 e. The number of amides is 1. The van der Waals surface area contributed by atoms with Crippen LogP contribution in [0.1, 0.15) is 37.8 Å². The Bertz CT molecular complexity index is 1300. The van der Waals surface area contributed by atoms with Crippen LogP contribution in [0.3, 0.4) is 0 Å². The van der Waals surface area contributed by atoms with E-state index in [9.17, 15) is 18.0 Å². The van der Waals surface area contributed by atoms with Gasteiger partial charge in [-0.3, -0.25) is 9.10 Å². The maximum atomic E-state index is 13.2. The highest BCUT2D eigenvalue weighted by atomic mass is 32.2.